The minimum atomic E-state index is -1.77. The lowest BCUT2D eigenvalue weighted by molar-refractivity contribution is -0.323. The molecule has 14 heteroatoms. The van der Waals surface area contributed by atoms with Gasteiger partial charge in [-0.2, -0.15) is 0 Å². The van der Waals surface area contributed by atoms with Gasteiger partial charge in [0.2, 0.25) is 6.29 Å². The van der Waals surface area contributed by atoms with Gasteiger partial charge in [0.1, 0.15) is 48.8 Å². The average molecular weight is 504 g/mol. The van der Waals surface area contributed by atoms with Gasteiger partial charge in [-0.15, -0.1) is 0 Å². The fourth-order valence-corrected chi connectivity index (χ4v) is 3.58. The van der Waals surface area contributed by atoms with Crippen LogP contribution in [0.4, 0.5) is 0 Å². The summed E-state index contributed by atoms with van der Waals surface area (Å²) in [6.45, 7) is -1.22. The standard InChI is InChI=1S/C21H28O14/c22-6-11-14(26)16(28)18(30)20(34-11)32-7-12-15(27)17(29)19(31)21(35-12)33-10-3-1-8(5-9(10)23)2-4-13(24)25/h1-5,11-12,14-23,26-31H,6-7H2,(H,24,25)/b4-2+/t11-,12-,14-,15-,16+,17+,18-,19-,20-,21-/m1/s1. The van der Waals surface area contributed by atoms with Crippen molar-refractivity contribution in [2.24, 2.45) is 0 Å². The molecule has 35 heavy (non-hydrogen) atoms. The van der Waals surface area contributed by atoms with Crippen molar-refractivity contribution >= 4 is 12.0 Å². The Hall–Kier alpha value is -2.37. The third-order valence-electron chi connectivity index (χ3n) is 5.59. The molecule has 1 aromatic carbocycles. The molecule has 0 radical (unpaired) electrons. The van der Waals surface area contributed by atoms with E-state index in [0.29, 0.717) is 5.56 Å². The summed E-state index contributed by atoms with van der Waals surface area (Å²) in [5.41, 5.74) is 0.337. The number of ether oxygens (including phenoxy) is 4. The highest BCUT2D eigenvalue weighted by Gasteiger charge is 2.48. The maximum Gasteiger partial charge on any atom is 0.328 e. The molecule has 2 aliphatic heterocycles. The molecular formula is C21H28O14. The van der Waals surface area contributed by atoms with Crippen LogP contribution in [0, 0.1) is 0 Å². The number of hydrogen-bond donors (Lipinski definition) is 9. The summed E-state index contributed by atoms with van der Waals surface area (Å²) in [4.78, 5) is 10.6. The Labute approximate surface area is 198 Å². The Morgan fingerprint density at radius 3 is 2.09 bits per heavy atom. The predicted molar refractivity (Wildman–Crippen MR) is 112 cm³/mol. The summed E-state index contributed by atoms with van der Waals surface area (Å²) < 4.78 is 21.4. The van der Waals surface area contributed by atoms with Gasteiger partial charge < -0.3 is 64.9 Å². The first-order chi connectivity index (χ1) is 16.5. The fraction of sp³-hybridized carbons (Fsp3) is 0.571. The van der Waals surface area contributed by atoms with Crippen molar-refractivity contribution in [2.75, 3.05) is 13.2 Å². The first kappa shape index (κ1) is 27.2. The lowest BCUT2D eigenvalue weighted by atomic mass is 9.98. The Morgan fingerprint density at radius 1 is 0.886 bits per heavy atom. The van der Waals surface area contributed by atoms with Crippen LogP contribution < -0.4 is 4.74 Å². The highest BCUT2D eigenvalue weighted by molar-refractivity contribution is 5.85. The van der Waals surface area contributed by atoms with Gasteiger partial charge in [0.15, 0.2) is 17.8 Å². The third kappa shape index (κ3) is 6.25. The monoisotopic (exact) mass is 504 g/mol. The van der Waals surface area contributed by atoms with E-state index in [1.807, 2.05) is 0 Å². The molecule has 2 fully saturated rings. The van der Waals surface area contributed by atoms with E-state index in [9.17, 15) is 45.6 Å². The molecule has 0 amide bonds. The number of phenols is 1. The number of hydrogen-bond acceptors (Lipinski definition) is 13. The zero-order valence-corrected chi connectivity index (χ0v) is 18.1. The van der Waals surface area contributed by atoms with Crippen LogP contribution in [-0.2, 0) is 19.0 Å². The lowest BCUT2D eigenvalue weighted by Crippen LogP contribution is -2.62. The number of aromatic hydroxyl groups is 1. The largest absolute Gasteiger partial charge is 0.504 e. The van der Waals surface area contributed by atoms with Gasteiger partial charge in [-0.1, -0.05) is 6.07 Å². The van der Waals surface area contributed by atoms with Gasteiger partial charge in [-0.3, -0.25) is 0 Å². The van der Waals surface area contributed by atoms with Gasteiger partial charge in [0, 0.05) is 6.08 Å². The van der Waals surface area contributed by atoms with E-state index in [-0.39, 0.29) is 5.75 Å². The topological polar surface area (TPSA) is 236 Å². The van der Waals surface area contributed by atoms with E-state index in [1.54, 1.807) is 0 Å². The van der Waals surface area contributed by atoms with Gasteiger partial charge in [0.25, 0.3) is 0 Å². The van der Waals surface area contributed by atoms with E-state index in [4.69, 9.17) is 24.1 Å². The molecule has 2 aliphatic rings. The van der Waals surface area contributed by atoms with E-state index in [1.165, 1.54) is 24.3 Å². The van der Waals surface area contributed by atoms with Crippen LogP contribution in [0.25, 0.3) is 6.08 Å². The molecule has 2 saturated heterocycles. The van der Waals surface area contributed by atoms with Crippen LogP contribution in [0.2, 0.25) is 0 Å². The van der Waals surface area contributed by atoms with E-state index in [0.717, 1.165) is 6.08 Å². The zero-order valence-electron chi connectivity index (χ0n) is 18.1. The SMILES string of the molecule is O=C(O)/C=C/c1ccc(O[C@@H]2O[C@H](CO[C@@H]3O[C@H](CO)[C@@H](O)[C@H](O)[C@H]3O)[C@@H](O)[C@H](O)[C@H]2O)c(O)c1. The second kappa shape index (κ2) is 11.6. The fourth-order valence-electron chi connectivity index (χ4n) is 3.58. The maximum absolute atomic E-state index is 10.6. The molecule has 0 spiro atoms. The number of aliphatic hydroxyl groups excluding tert-OH is 7. The van der Waals surface area contributed by atoms with Crippen molar-refractivity contribution in [3.63, 3.8) is 0 Å². The van der Waals surface area contributed by atoms with Crippen LogP contribution in [0.1, 0.15) is 5.56 Å². The summed E-state index contributed by atoms with van der Waals surface area (Å²) in [6, 6.07) is 3.87. The Kier molecular flexibility index (Phi) is 9.00. The van der Waals surface area contributed by atoms with Crippen molar-refractivity contribution < 1.29 is 69.7 Å². The van der Waals surface area contributed by atoms with Gasteiger partial charge in [-0.05, 0) is 23.8 Å². The molecule has 9 N–H and O–H groups in total. The minimum Gasteiger partial charge on any atom is -0.504 e. The predicted octanol–water partition coefficient (Wildman–Crippen LogP) is -3.51. The zero-order chi connectivity index (χ0) is 25.9. The smallest absolute Gasteiger partial charge is 0.328 e. The van der Waals surface area contributed by atoms with Crippen molar-refractivity contribution in [1.29, 1.82) is 0 Å². The molecule has 0 bridgehead atoms. The van der Waals surface area contributed by atoms with Crippen LogP contribution in [-0.4, -0.2) is 127 Å². The first-order valence-electron chi connectivity index (χ1n) is 10.6. The Morgan fingerprint density at radius 2 is 1.49 bits per heavy atom. The molecule has 14 nitrogen and oxygen atoms in total. The maximum atomic E-state index is 10.6. The molecule has 3 rings (SSSR count). The van der Waals surface area contributed by atoms with E-state index < -0.39 is 86.3 Å². The second-order valence-corrected chi connectivity index (χ2v) is 8.06. The number of rotatable bonds is 8. The van der Waals surface area contributed by atoms with Gasteiger partial charge in [-0.25, -0.2) is 4.79 Å². The first-order valence-corrected chi connectivity index (χ1v) is 10.6. The van der Waals surface area contributed by atoms with Crippen molar-refractivity contribution in [1.82, 2.24) is 0 Å². The summed E-state index contributed by atoms with van der Waals surface area (Å²) in [5, 5.41) is 88.6. The molecule has 10 atom stereocenters. The van der Waals surface area contributed by atoms with E-state index in [2.05, 4.69) is 0 Å². The summed E-state index contributed by atoms with van der Waals surface area (Å²) in [7, 11) is 0. The summed E-state index contributed by atoms with van der Waals surface area (Å²) >= 11 is 0. The molecule has 0 unspecified atom stereocenters. The van der Waals surface area contributed by atoms with Crippen LogP contribution >= 0.6 is 0 Å². The highest BCUT2D eigenvalue weighted by atomic mass is 16.7. The molecule has 0 aromatic heterocycles. The molecular weight excluding hydrogens is 476 g/mol. The molecule has 0 saturated carbocycles. The number of benzene rings is 1. The van der Waals surface area contributed by atoms with Crippen molar-refractivity contribution in [3.8, 4) is 11.5 Å². The summed E-state index contributed by atoms with van der Waals surface area (Å²) in [5.74, 6) is -1.80. The second-order valence-electron chi connectivity index (χ2n) is 8.06. The molecule has 2 heterocycles. The number of carbonyl (C=O) groups is 1. The van der Waals surface area contributed by atoms with Gasteiger partial charge >= 0.3 is 5.97 Å². The van der Waals surface area contributed by atoms with Crippen LogP contribution in [0.5, 0.6) is 11.5 Å². The Bertz CT molecular complexity index is 891. The highest BCUT2D eigenvalue weighted by Crippen LogP contribution is 2.32. The number of aliphatic hydroxyl groups is 7. The number of carboxylic acids is 1. The number of carboxylic acid groups (broad SMARTS) is 1. The average Bonchev–Trinajstić information content (AvgIpc) is 2.83. The van der Waals surface area contributed by atoms with Gasteiger partial charge in [0.05, 0.1) is 13.2 Å². The number of phenolic OH excluding ortho intramolecular Hbond substituents is 1. The third-order valence-corrected chi connectivity index (χ3v) is 5.59. The Balaban J connectivity index is 1.67. The van der Waals surface area contributed by atoms with Crippen molar-refractivity contribution in [3.05, 3.63) is 29.8 Å². The normalized spacial score (nSPS) is 37.9. The molecule has 1 aromatic rings. The number of aliphatic carboxylic acids is 1. The van der Waals surface area contributed by atoms with E-state index >= 15 is 0 Å². The minimum absolute atomic E-state index is 0.182. The van der Waals surface area contributed by atoms with Crippen molar-refractivity contribution in [2.45, 2.75) is 61.4 Å². The van der Waals surface area contributed by atoms with Crippen LogP contribution in [0.15, 0.2) is 24.3 Å². The molecule has 196 valence electrons. The summed E-state index contributed by atoms with van der Waals surface area (Å²) in [6.07, 6.45) is -13.8. The lowest BCUT2D eigenvalue weighted by Gasteiger charge is -2.42. The molecule has 0 aliphatic carbocycles. The quantitative estimate of drug-likeness (QED) is 0.156. The van der Waals surface area contributed by atoms with Crippen LogP contribution in [0.3, 0.4) is 0 Å².